The van der Waals surface area contributed by atoms with Crippen LogP contribution in [0, 0.1) is 0 Å². The summed E-state index contributed by atoms with van der Waals surface area (Å²) in [6, 6.07) is -0.551. The number of carbonyl (C=O) groups is 1. The van der Waals surface area contributed by atoms with Gasteiger partial charge in [0.2, 0.25) is 0 Å². The fourth-order valence-corrected chi connectivity index (χ4v) is 0.283. The van der Waals surface area contributed by atoms with E-state index in [4.69, 9.17) is 5.73 Å². The number of nitrogens with two attached hydrogens (primary N) is 1. The molecule has 0 bridgehead atoms. The zero-order chi connectivity index (χ0) is 6.57. The van der Waals surface area contributed by atoms with Gasteiger partial charge in [-0.25, -0.2) is 4.79 Å². The summed E-state index contributed by atoms with van der Waals surface area (Å²) in [6.07, 6.45) is 1.60. The highest BCUT2D eigenvalue weighted by Crippen LogP contribution is 1.77. The van der Waals surface area contributed by atoms with E-state index < -0.39 is 6.03 Å². The summed E-state index contributed by atoms with van der Waals surface area (Å²) in [5.74, 6) is 0. The average Bonchev–Trinajstić information content (AvgIpc) is 1.65. The van der Waals surface area contributed by atoms with Gasteiger partial charge in [-0.2, -0.15) is 0 Å². The normalized spacial score (nSPS) is 12.1. The van der Waals surface area contributed by atoms with Gasteiger partial charge in [0.1, 0.15) is 0 Å². The Kier molecular flexibility index (Phi) is 2.69. The van der Waals surface area contributed by atoms with Crippen LogP contribution in [-0.2, 0) is 0 Å². The first-order valence-electron chi connectivity index (χ1n) is 2.35. The third-order valence-electron chi connectivity index (χ3n) is 0.723. The molecule has 1 unspecified atom stereocenters. The van der Waals surface area contributed by atoms with E-state index in [-0.39, 0.29) is 6.04 Å². The predicted molar refractivity (Wildman–Crippen MR) is 32.4 cm³/mol. The zero-order valence-electron chi connectivity index (χ0n) is 4.85. The smallest absolute Gasteiger partial charge is 0.312 e. The van der Waals surface area contributed by atoms with Crippen LogP contribution in [0.3, 0.4) is 0 Å². The van der Waals surface area contributed by atoms with E-state index in [1.54, 1.807) is 13.0 Å². The Balaban J connectivity index is 3.38. The summed E-state index contributed by atoms with van der Waals surface area (Å²) in [6.45, 7) is 5.23. The fourth-order valence-electron chi connectivity index (χ4n) is 0.283. The van der Waals surface area contributed by atoms with Crippen LogP contribution in [-0.4, -0.2) is 12.1 Å². The van der Waals surface area contributed by atoms with Crippen LogP contribution in [0.2, 0.25) is 0 Å². The van der Waals surface area contributed by atoms with Crippen molar-refractivity contribution in [2.45, 2.75) is 13.0 Å². The first-order chi connectivity index (χ1) is 3.66. The second-order valence-corrected chi connectivity index (χ2v) is 1.53. The monoisotopic (exact) mass is 114 g/mol. The SMILES string of the molecule is C=CC(C)NC(N)=O. The minimum atomic E-state index is -0.516. The maximum Gasteiger partial charge on any atom is 0.312 e. The molecule has 3 heteroatoms. The van der Waals surface area contributed by atoms with E-state index in [0.717, 1.165) is 0 Å². The molecule has 8 heavy (non-hydrogen) atoms. The van der Waals surface area contributed by atoms with Gasteiger partial charge in [-0.1, -0.05) is 6.08 Å². The third-order valence-corrected chi connectivity index (χ3v) is 0.723. The van der Waals surface area contributed by atoms with Crippen LogP contribution in [0.1, 0.15) is 6.92 Å². The van der Waals surface area contributed by atoms with Gasteiger partial charge >= 0.3 is 6.03 Å². The van der Waals surface area contributed by atoms with Crippen molar-refractivity contribution in [1.29, 1.82) is 0 Å². The van der Waals surface area contributed by atoms with Crippen LogP contribution in [0.25, 0.3) is 0 Å². The lowest BCUT2D eigenvalue weighted by molar-refractivity contribution is 0.247. The maximum atomic E-state index is 10.0. The second kappa shape index (κ2) is 3.07. The molecule has 0 radical (unpaired) electrons. The highest BCUT2D eigenvalue weighted by Gasteiger charge is 1.94. The van der Waals surface area contributed by atoms with Crippen molar-refractivity contribution in [3.63, 3.8) is 0 Å². The standard InChI is InChI=1S/C5H10N2O/c1-3-4(2)7-5(6)8/h3-4H,1H2,2H3,(H3,6,7,8). The van der Waals surface area contributed by atoms with Crippen molar-refractivity contribution in [1.82, 2.24) is 5.32 Å². The Bertz CT molecular complexity index is 101. The topological polar surface area (TPSA) is 55.1 Å². The summed E-state index contributed by atoms with van der Waals surface area (Å²) in [5, 5.41) is 2.41. The van der Waals surface area contributed by atoms with Crippen molar-refractivity contribution >= 4 is 6.03 Å². The van der Waals surface area contributed by atoms with E-state index >= 15 is 0 Å². The number of nitrogens with one attached hydrogen (secondary N) is 1. The van der Waals surface area contributed by atoms with Crippen molar-refractivity contribution in [2.75, 3.05) is 0 Å². The quantitative estimate of drug-likeness (QED) is 0.496. The third kappa shape index (κ3) is 3.21. The molecule has 0 fully saturated rings. The van der Waals surface area contributed by atoms with E-state index in [2.05, 4.69) is 11.9 Å². The largest absolute Gasteiger partial charge is 0.352 e. The molecular weight excluding hydrogens is 104 g/mol. The van der Waals surface area contributed by atoms with Gasteiger partial charge in [-0.15, -0.1) is 6.58 Å². The van der Waals surface area contributed by atoms with Crippen molar-refractivity contribution in [3.8, 4) is 0 Å². The Morgan fingerprint density at radius 2 is 2.50 bits per heavy atom. The molecule has 2 amide bonds. The number of urea groups is 1. The minimum Gasteiger partial charge on any atom is -0.352 e. The van der Waals surface area contributed by atoms with E-state index in [0.29, 0.717) is 0 Å². The molecule has 0 aliphatic heterocycles. The van der Waals surface area contributed by atoms with Gasteiger partial charge in [0, 0.05) is 6.04 Å². The molecule has 0 aromatic rings. The molecule has 3 N–H and O–H groups in total. The number of hydrogen-bond donors (Lipinski definition) is 2. The highest BCUT2D eigenvalue weighted by molar-refractivity contribution is 5.72. The molecule has 0 saturated carbocycles. The molecule has 0 aromatic carbocycles. The second-order valence-electron chi connectivity index (χ2n) is 1.53. The maximum absolute atomic E-state index is 10.0. The van der Waals surface area contributed by atoms with Gasteiger partial charge in [0.05, 0.1) is 0 Å². The lowest BCUT2D eigenvalue weighted by atomic mass is 10.3. The number of hydrogen-bond acceptors (Lipinski definition) is 1. The molecular formula is C5H10N2O. The lowest BCUT2D eigenvalue weighted by Crippen LogP contribution is -2.35. The predicted octanol–water partition coefficient (Wildman–Crippen LogP) is 0.229. The van der Waals surface area contributed by atoms with Gasteiger partial charge in [-0.3, -0.25) is 0 Å². The summed E-state index contributed by atoms with van der Waals surface area (Å²) in [7, 11) is 0. The van der Waals surface area contributed by atoms with Crippen LogP contribution in [0.4, 0.5) is 4.79 Å². The molecule has 0 spiro atoms. The number of amides is 2. The molecule has 0 heterocycles. The summed E-state index contributed by atoms with van der Waals surface area (Å²) in [4.78, 5) is 10.0. The Hall–Kier alpha value is -0.990. The first kappa shape index (κ1) is 7.01. The van der Waals surface area contributed by atoms with Crippen molar-refractivity contribution in [2.24, 2.45) is 5.73 Å². The summed E-state index contributed by atoms with van der Waals surface area (Å²) >= 11 is 0. The van der Waals surface area contributed by atoms with E-state index in [9.17, 15) is 4.79 Å². The highest BCUT2D eigenvalue weighted by atomic mass is 16.2. The summed E-state index contributed by atoms with van der Waals surface area (Å²) < 4.78 is 0. The van der Waals surface area contributed by atoms with Crippen LogP contribution >= 0.6 is 0 Å². The zero-order valence-corrected chi connectivity index (χ0v) is 4.85. The van der Waals surface area contributed by atoms with Gasteiger partial charge in [0.25, 0.3) is 0 Å². The number of rotatable bonds is 2. The molecule has 0 aliphatic rings. The van der Waals surface area contributed by atoms with Gasteiger partial charge in [-0.05, 0) is 6.92 Å². The van der Waals surface area contributed by atoms with Gasteiger partial charge in [0.15, 0.2) is 0 Å². The van der Waals surface area contributed by atoms with Crippen molar-refractivity contribution < 1.29 is 4.79 Å². The first-order valence-corrected chi connectivity index (χ1v) is 2.35. The molecule has 0 aromatic heterocycles. The molecule has 1 atom stereocenters. The van der Waals surface area contributed by atoms with Crippen molar-refractivity contribution in [3.05, 3.63) is 12.7 Å². The van der Waals surface area contributed by atoms with Crippen LogP contribution in [0.15, 0.2) is 12.7 Å². The summed E-state index contributed by atoms with van der Waals surface area (Å²) in [5.41, 5.74) is 4.77. The van der Waals surface area contributed by atoms with Gasteiger partial charge < -0.3 is 11.1 Å². The number of primary amides is 1. The fraction of sp³-hybridized carbons (Fsp3) is 0.400. The molecule has 0 saturated heterocycles. The Morgan fingerprint density at radius 1 is 2.00 bits per heavy atom. The van der Waals surface area contributed by atoms with Crippen LogP contribution < -0.4 is 11.1 Å². The number of carbonyl (C=O) groups excluding carboxylic acids is 1. The minimum absolute atomic E-state index is 0.0347. The lowest BCUT2D eigenvalue weighted by Gasteiger charge is -2.03. The molecule has 0 aliphatic carbocycles. The Labute approximate surface area is 48.6 Å². The Morgan fingerprint density at radius 3 is 2.62 bits per heavy atom. The van der Waals surface area contributed by atoms with E-state index in [1.807, 2.05) is 0 Å². The average molecular weight is 114 g/mol. The van der Waals surface area contributed by atoms with E-state index in [1.165, 1.54) is 0 Å². The molecule has 0 rings (SSSR count). The van der Waals surface area contributed by atoms with Crippen LogP contribution in [0.5, 0.6) is 0 Å². The molecule has 3 nitrogen and oxygen atoms in total. The molecule has 46 valence electrons.